The fourth-order valence-electron chi connectivity index (χ4n) is 0.280. The Bertz CT molecular complexity index is 145. The van der Waals surface area contributed by atoms with Crippen molar-refractivity contribution in [3.8, 4) is 0 Å². The topological polar surface area (TPSA) is 17.1 Å². The van der Waals surface area contributed by atoms with Crippen LogP contribution in [0.5, 0.6) is 0 Å². The second-order valence-electron chi connectivity index (χ2n) is 1.22. The van der Waals surface area contributed by atoms with Crippen molar-refractivity contribution in [2.45, 2.75) is 0 Å². The van der Waals surface area contributed by atoms with Crippen molar-refractivity contribution in [1.82, 2.24) is 0 Å². The zero-order chi connectivity index (χ0) is 6.95. The van der Waals surface area contributed by atoms with Gasteiger partial charge in [-0.05, 0) is 11.1 Å². The summed E-state index contributed by atoms with van der Waals surface area (Å²) in [5.74, 6) is 0. The molecule has 0 amide bonds. The number of carbonyl (C=O) groups excluding carboxylic acids is 1. The van der Waals surface area contributed by atoms with Crippen molar-refractivity contribution in [3.05, 3.63) is 35.4 Å². The number of halogens is 1. The average Bonchev–Trinajstić information content (AvgIpc) is 1.89. The number of aldehydes is 1. The molecule has 0 fully saturated rings. The van der Waals surface area contributed by atoms with Crippen LogP contribution < -0.4 is 0 Å². The van der Waals surface area contributed by atoms with E-state index in [1.54, 1.807) is 17.1 Å². The van der Waals surface area contributed by atoms with E-state index >= 15 is 0 Å². The van der Waals surface area contributed by atoms with Gasteiger partial charge < -0.3 is 0 Å². The minimum absolute atomic E-state index is 0.738. The van der Waals surface area contributed by atoms with Gasteiger partial charge in [-0.2, -0.15) is 0 Å². The molecule has 0 aliphatic rings. The lowest BCUT2D eigenvalue weighted by molar-refractivity contribution is -0.104. The summed E-state index contributed by atoms with van der Waals surface area (Å²) in [5.41, 5.74) is 0. The number of carbonyl (C=O) groups is 1. The van der Waals surface area contributed by atoms with Crippen LogP contribution in [0.25, 0.3) is 0 Å². The van der Waals surface area contributed by atoms with E-state index in [2.05, 4.69) is 15.9 Å². The second-order valence-corrected chi connectivity index (χ2v) is 1.75. The van der Waals surface area contributed by atoms with E-state index in [1.165, 1.54) is 6.08 Å². The zero-order valence-electron chi connectivity index (χ0n) is 4.83. The van der Waals surface area contributed by atoms with Crippen molar-refractivity contribution < 1.29 is 4.79 Å². The smallest absolute Gasteiger partial charge is 0.142 e. The average molecular weight is 187 g/mol. The second kappa shape index (κ2) is 7.37. The third-order valence-corrected chi connectivity index (χ3v) is 0.901. The van der Waals surface area contributed by atoms with E-state index in [1.807, 2.05) is 12.2 Å². The van der Waals surface area contributed by atoms with Gasteiger partial charge in [0.1, 0.15) is 6.29 Å². The molecule has 0 unspecified atom stereocenters. The molecule has 0 saturated heterocycles. The molecule has 0 aliphatic carbocycles. The Kier molecular flexibility index (Phi) is 6.85. The van der Waals surface area contributed by atoms with Gasteiger partial charge in [0.2, 0.25) is 0 Å². The Morgan fingerprint density at radius 3 is 2.00 bits per heavy atom. The van der Waals surface area contributed by atoms with Crippen LogP contribution in [0.1, 0.15) is 0 Å². The maximum absolute atomic E-state index is 9.69. The third kappa shape index (κ3) is 7.37. The van der Waals surface area contributed by atoms with Crippen molar-refractivity contribution in [3.63, 3.8) is 0 Å². The van der Waals surface area contributed by atoms with Crippen LogP contribution in [-0.4, -0.2) is 6.29 Å². The summed E-state index contributed by atoms with van der Waals surface area (Å²) in [7, 11) is 0. The minimum Gasteiger partial charge on any atom is -0.299 e. The Labute approximate surface area is 62.9 Å². The molecule has 0 aromatic heterocycles. The molecular weight excluding hydrogens is 180 g/mol. The van der Waals surface area contributed by atoms with Gasteiger partial charge in [0.15, 0.2) is 0 Å². The molecule has 0 aromatic carbocycles. The number of hydrogen-bond donors (Lipinski definition) is 0. The van der Waals surface area contributed by atoms with Gasteiger partial charge >= 0.3 is 0 Å². The molecule has 9 heavy (non-hydrogen) atoms. The molecule has 0 spiro atoms. The maximum Gasteiger partial charge on any atom is 0.142 e. The van der Waals surface area contributed by atoms with Gasteiger partial charge in [-0.25, -0.2) is 0 Å². The van der Waals surface area contributed by atoms with E-state index < -0.39 is 0 Å². The van der Waals surface area contributed by atoms with Gasteiger partial charge in [-0.1, -0.05) is 40.2 Å². The molecule has 48 valence electrons. The summed E-state index contributed by atoms with van der Waals surface area (Å²) < 4.78 is 0. The molecule has 2 heteroatoms. The molecular formula is C7H7BrO. The largest absolute Gasteiger partial charge is 0.299 e. The highest BCUT2D eigenvalue weighted by Crippen LogP contribution is 1.83. The normalized spacial score (nSPS) is 12.1. The van der Waals surface area contributed by atoms with E-state index in [0.717, 1.165) is 6.29 Å². The van der Waals surface area contributed by atoms with E-state index in [4.69, 9.17) is 0 Å². The number of allylic oxidation sites excluding steroid dienone is 5. The monoisotopic (exact) mass is 186 g/mol. The Hall–Kier alpha value is -0.630. The fourth-order valence-corrected chi connectivity index (χ4v) is 0.456. The van der Waals surface area contributed by atoms with Crippen LogP contribution in [0.15, 0.2) is 35.4 Å². The summed E-state index contributed by atoms with van der Waals surface area (Å²) in [6, 6.07) is 0. The van der Waals surface area contributed by atoms with Crippen LogP contribution in [-0.2, 0) is 4.79 Å². The van der Waals surface area contributed by atoms with Crippen molar-refractivity contribution in [1.29, 1.82) is 0 Å². The molecule has 0 bridgehead atoms. The predicted octanol–water partition coefficient (Wildman–Crippen LogP) is 2.21. The highest BCUT2D eigenvalue weighted by Gasteiger charge is 1.59. The van der Waals surface area contributed by atoms with Crippen molar-refractivity contribution in [2.75, 3.05) is 0 Å². The first kappa shape index (κ1) is 8.37. The first-order valence-corrected chi connectivity index (χ1v) is 3.37. The molecule has 0 aliphatic heterocycles. The quantitative estimate of drug-likeness (QED) is 0.376. The van der Waals surface area contributed by atoms with E-state index in [-0.39, 0.29) is 0 Å². The van der Waals surface area contributed by atoms with Crippen molar-refractivity contribution >= 4 is 22.2 Å². The maximum atomic E-state index is 9.69. The van der Waals surface area contributed by atoms with Crippen molar-refractivity contribution in [2.24, 2.45) is 0 Å². The van der Waals surface area contributed by atoms with E-state index in [0.29, 0.717) is 0 Å². The van der Waals surface area contributed by atoms with Crippen LogP contribution in [0.2, 0.25) is 0 Å². The lowest BCUT2D eigenvalue weighted by Crippen LogP contribution is -1.54. The molecule has 0 rings (SSSR count). The lowest BCUT2D eigenvalue weighted by atomic mass is 10.4. The number of hydrogen-bond acceptors (Lipinski definition) is 1. The Morgan fingerprint density at radius 1 is 0.889 bits per heavy atom. The SMILES string of the molecule is O=C/C=C/C=C/C=C/Br. The van der Waals surface area contributed by atoms with Gasteiger partial charge in [0.05, 0.1) is 0 Å². The molecule has 0 saturated carbocycles. The molecule has 0 atom stereocenters. The summed E-state index contributed by atoms with van der Waals surface area (Å²) in [5, 5.41) is 0. The molecule has 0 radical (unpaired) electrons. The fraction of sp³-hybridized carbons (Fsp3) is 0. The minimum atomic E-state index is 0.738. The molecule has 0 aromatic rings. The predicted molar refractivity (Wildman–Crippen MR) is 42.4 cm³/mol. The summed E-state index contributed by atoms with van der Waals surface area (Å²) in [4.78, 5) is 11.4. The van der Waals surface area contributed by atoms with Gasteiger partial charge in [0, 0.05) is 0 Å². The molecule has 0 heterocycles. The van der Waals surface area contributed by atoms with Crippen LogP contribution >= 0.6 is 15.9 Å². The first-order chi connectivity index (χ1) is 4.41. The summed E-state index contributed by atoms with van der Waals surface area (Å²) in [6.45, 7) is 0. The highest BCUT2D eigenvalue weighted by atomic mass is 79.9. The van der Waals surface area contributed by atoms with Gasteiger partial charge in [-0.3, -0.25) is 4.79 Å². The zero-order valence-corrected chi connectivity index (χ0v) is 6.41. The third-order valence-electron chi connectivity index (χ3n) is 0.596. The first-order valence-electron chi connectivity index (χ1n) is 2.45. The van der Waals surface area contributed by atoms with E-state index in [9.17, 15) is 4.79 Å². The summed E-state index contributed by atoms with van der Waals surface area (Å²) in [6.07, 6.45) is 9.23. The standard InChI is InChI=1S/C7H7BrO/c8-6-4-2-1-3-5-7-9/h1-7H/b2-1+,5-3+,6-4+. The Morgan fingerprint density at radius 2 is 1.44 bits per heavy atom. The molecule has 0 N–H and O–H groups in total. The lowest BCUT2D eigenvalue weighted by Gasteiger charge is -1.67. The highest BCUT2D eigenvalue weighted by molar-refractivity contribution is 9.11. The van der Waals surface area contributed by atoms with Crippen LogP contribution in [0, 0.1) is 0 Å². The Balaban J connectivity index is 3.46. The van der Waals surface area contributed by atoms with Gasteiger partial charge in [0.25, 0.3) is 0 Å². The number of rotatable bonds is 3. The summed E-state index contributed by atoms with van der Waals surface area (Å²) >= 11 is 3.09. The van der Waals surface area contributed by atoms with Crippen LogP contribution in [0.4, 0.5) is 0 Å². The molecule has 1 nitrogen and oxygen atoms in total. The van der Waals surface area contributed by atoms with Crippen LogP contribution in [0.3, 0.4) is 0 Å². The van der Waals surface area contributed by atoms with Gasteiger partial charge in [-0.15, -0.1) is 0 Å².